The van der Waals surface area contributed by atoms with E-state index in [9.17, 15) is 4.79 Å². The molecule has 5 heteroatoms. The number of hydrogen-bond acceptors (Lipinski definition) is 2. The largest absolute Gasteiger partial charge is 0.325 e. The van der Waals surface area contributed by atoms with Crippen molar-refractivity contribution >= 4 is 23.2 Å². The maximum Gasteiger partial charge on any atom is 0.228 e. The Labute approximate surface area is 132 Å². The lowest BCUT2D eigenvalue weighted by molar-refractivity contribution is -0.115. The standard InChI is InChI=1S/C17H12ClN3O/c18-13-6-2-4-8-15(13)21-17-11(10-19-21)9-16(22)20-14-7-3-1-5-12(14)17/h1-8,10H,9H2,(H,20,22). The number of anilines is 1. The van der Waals surface area contributed by atoms with Crippen LogP contribution in [-0.4, -0.2) is 15.7 Å². The van der Waals surface area contributed by atoms with Gasteiger partial charge in [-0.3, -0.25) is 4.79 Å². The number of hydrogen-bond donors (Lipinski definition) is 1. The molecular weight excluding hydrogens is 298 g/mol. The Balaban J connectivity index is 2.02. The smallest absolute Gasteiger partial charge is 0.228 e. The van der Waals surface area contributed by atoms with Crippen LogP contribution in [-0.2, 0) is 11.2 Å². The van der Waals surface area contributed by atoms with Crippen LogP contribution >= 0.6 is 11.6 Å². The molecule has 1 aromatic heterocycles. The van der Waals surface area contributed by atoms with E-state index < -0.39 is 0 Å². The molecule has 108 valence electrons. The summed E-state index contributed by atoms with van der Waals surface area (Å²) in [5.74, 6) is -0.0371. The second-order valence-electron chi connectivity index (χ2n) is 5.15. The minimum atomic E-state index is -0.0371. The van der Waals surface area contributed by atoms with Crippen molar-refractivity contribution in [2.45, 2.75) is 6.42 Å². The van der Waals surface area contributed by atoms with E-state index in [2.05, 4.69) is 10.4 Å². The van der Waals surface area contributed by atoms with E-state index in [-0.39, 0.29) is 5.91 Å². The van der Waals surface area contributed by atoms with Crippen LogP contribution in [0.1, 0.15) is 5.56 Å². The number of para-hydroxylation sites is 2. The van der Waals surface area contributed by atoms with Gasteiger partial charge in [-0.2, -0.15) is 5.10 Å². The zero-order valence-corrected chi connectivity index (χ0v) is 12.3. The molecule has 0 spiro atoms. The minimum absolute atomic E-state index is 0.0371. The third kappa shape index (κ3) is 2.00. The third-order valence-corrected chi connectivity index (χ3v) is 4.05. The van der Waals surface area contributed by atoms with Gasteiger partial charge >= 0.3 is 0 Å². The first-order valence-electron chi connectivity index (χ1n) is 6.95. The van der Waals surface area contributed by atoms with Gasteiger partial charge < -0.3 is 5.32 Å². The van der Waals surface area contributed by atoms with Crippen molar-refractivity contribution in [1.29, 1.82) is 0 Å². The second kappa shape index (κ2) is 5.00. The number of rotatable bonds is 1. The van der Waals surface area contributed by atoms with Crippen molar-refractivity contribution in [2.75, 3.05) is 5.32 Å². The highest BCUT2D eigenvalue weighted by Gasteiger charge is 2.23. The fraction of sp³-hybridized carbons (Fsp3) is 0.0588. The molecule has 2 heterocycles. The molecule has 0 fully saturated rings. The first-order chi connectivity index (χ1) is 10.7. The quantitative estimate of drug-likeness (QED) is 0.745. The first-order valence-corrected chi connectivity index (χ1v) is 7.33. The SMILES string of the molecule is O=C1Cc2cnn(-c3ccccc3Cl)c2-c2ccccc2N1. The van der Waals surface area contributed by atoms with Crippen molar-refractivity contribution in [3.8, 4) is 16.9 Å². The summed E-state index contributed by atoms with van der Waals surface area (Å²) in [6, 6.07) is 15.3. The number of aromatic nitrogens is 2. The lowest BCUT2D eigenvalue weighted by Gasteiger charge is -2.12. The van der Waals surface area contributed by atoms with E-state index in [1.807, 2.05) is 48.5 Å². The Hall–Kier alpha value is -2.59. The maximum absolute atomic E-state index is 12.0. The van der Waals surface area contributed by atoms with Gasteiger partial charge in [0.15, 0.2) is 0 Å². The van der Waals surface area contributed by atoms with E-state index in [1.54, 1.807) is 10.9 Å². The van der Waals surface area contributed by atoms with Crippen LogP contribution in [0.2, 0.25) is 5.02 Å². The zero-order chi connectivity index (χ0) is 15.1. The highest BCUT2D eigenvalue weighted by molar-refractivity contribution is 6.32. The molecular formula is C17H12ClN3O. The predicted octanol–water partition coefficient (Wildman–Crippen LogP) is 3.69. The number of fused-ring (bicyclic) bond motifs is 3. The number of benzene rings is 2. The zero-order valence-electron chi connectivity index (χ0n) is 11.6. The lowest BCUT2D eigenvalue weighted by atomic mass is 10.1. The van der Waals surface area contributed by atoms with Crippen LogP contribution in [0.5, 0.6) is 0 Å². The van der Waals surface area contributed by atoms with E-state index in [4.69, 9.17) is 11.6 Å². The van der Waals surface area contributed by atoms with Crippen molar-refractivity contribution in [1.82, 2.24) is 9.78 Å². The molecule has 1 aliphatic rings. The van der Waals surface area contributed by atoms with E-state index in [0.717, 1.165) is 28.2 Å². The molecule has 0 unspecified atom stereocenters. The van der Waals surface area contributed by atoms with E-state index >= 15 is 0 Å². The van der Waals surface area contributed by atoms with Crippen LogP contribution in [0.3, 0.4) is 0 Å². The number of carbonyl (C=O) groups is 1. The normalized spacial score (nSPS) is 13.0. The molecule has 4 nitrogen and oxygen atoms in total. The second-order valence-corrected chi connectivity index (χ2v) is 5.56. The molecule has 0 aliphatic carbocycles. The number of halogens is 1. The summed E-state index contributed by atoms with van der Waals surface area (Å²) in [5, 5.41) is 8.01. The molecule has 1 aliphatic heterocycles. The molecule has 1 N–H and O–H groups in total. The summed E-state index contributed by atoms with van der Waals surface area (Å²) in [6.07, 6.45) is 2.04. The molecule has 3 aromatic rings. The fourth-order valence-electron chi connectivity index (χ4n) is 2.77. The maximum atomic E-state index is 12.0. The predicted molar refractivity (Wildman–Crippen MR) is 86.3 cm³/mol. The van der Waals surface area contributed by atoms with Crippen LogP contribution in [0.25, 0.3) is 16.9 Å². The Morgan fingerprint density at radius 3 is 2.73 bits per heavy atom. The van der Waals surface area contributed by atoms with Crippen LogP contribution in [0.15, 0.2) is 54.7 Å². The molecule has 4 rings (SSSR count). The Morgan fingerprint density at radius 1 is 1.09 bits per heavy atom. The Bertz CT molecular complexity index is 885. The molecule has 0 bridgehead atoms. The van der Waals surface area contributed by atoms with Gasteiger partial charge in [0, 0.05) is 11.1 Å². The monoisotopic (exact) mass is 309 g/mol. The van der Waals surface area contributed by atoms with Crippen molar-refractivity contribution in [3.05, 3.63) is 65.3 Å². The molecule has 0 saturated heterocycles. The van der Waals surface area contributed by atoms with Gasteiger partial charge in [-0.15, -0.1) is 0 Å². The van der Waals surface area contributed by atoms with Gasteiger partial charge in [-0.25, -0.2) is 4.68 Å². The van der Waals surface area contributed by atoms with Crippen molar-refractivity contribution in [3.63, 3.8) is 0 Å². The van der Waals surface area contributed by atoms with Crippen LogP contribution < -0.4 is 5.32 Å². The fourth-order valence-corrected chi connectivity index (χ4v) is 2.99. The van der Waals surface area contributed by atoms with E-state index in [0.29, 0.717) is 11.4 Å². The molecule has 22 heavy (non-hydrogen) atoms. The first kappa shape index (κ1) is 13.1. The number of carbonyl (C=O) groups excluding carboxylic acids is 1. The van der Waals surface area contributed by atoms with Gasteiger partial charge in [-0.05, 0) is 18.2 Å². The van der Waals surface area contributed by atoms with Crippen molar-refractivity contribution in [2.24, 2.45) is 0 Å². The highest BCUT2D eigenvalue weighted by Crippen LogP contribution is 2.36. The molecule has 0 saturated carbocycles. The van der Waals surface area contributed by atoms with Gasteiger partial charge in [0.2, 0.25) is 5.91 Å². The van der Waals surface area contributed by atoms with Gasteiger partial charge in [0.05, 0.1) is 34.7 Å². The topological polar surface area (TPSA) is 46.9 Å². The van der Waals surface area contributed by atoms with E-state index in [1.165, 1.54) is 0 Å². The average molecular weight is 310 g/mol. The molecule has 2 aromatic carbocycles. The molecule has 1 amide bonds. The van der Waals surface area contributed by atoms with Crippen LogP contribution in [0.4, 0.5) is 5.69 Å². The number of amides is 1. The number of nitrogens with zero attached hydrogens (tertiary/aromatic N) is 2. The Kier molecular flexibility index (Phi) is 2.98. The Morgan fingerprint density at radius 2 is 1.86 bits per heavy atom. The van der Waals surface area contributed by atoms with Gasteiger partial charge in [0.25, 0.3) is 0 Å². The van der Waals surface area contributed by atoms with Crippen LogP contribution in [0, 0.1) is 0 Å². The third-order valence-electron chi connectivity index (χ3n) is 3.73. The summed E-state index contributed by atoms with van der Waals surface area (Å²) in [7, 11) is 0. The van der Waals surface area contributed by atoms with Gasteiger partial charge in [-0.1, -0.05) is 41.9 Å². The van der Waals surface area contributed by atoms with Gasteiger partial charge in [0.1, 0.15) is 0 Å². The minimum Gasteiger partial charge on any atom is -0.325 e. The molecule has 0 atom stereocenters. The lowest BCUT2D eigenvalue weighted by Crippen LogP contribution is -2.12. The molecule has 0 radical (unpaired) electrons. The summed E-state index contributed by atoms with van der Waals surface area (Å²) in [6.45, 7) is 0. The summed E-state index contributed by atoms with van der Waals surface area (Å²) in [4.78, 5) is 12.0. The summed E-state index contributed by atoms with van der Waals surface area (Å²) < 4.78 is 1.80. The average Bonchev–Trinajstić information content (AvgIpc) is 2.85. The van der Waals surface area contributed by atoms with Crippen molar-refractivity contribution < 1.29 is 4.79 Å². The number of nitrogens with one attached hydrogen (secondary N) is 1. The summed E-state index contributed by atoms with van der Waals surface area (Å²) in [5.41, 5.74) is 4.33. The highest BCUT2D eigenvalue weighted by atomic mass is 35.5. The summed E-state index contributed by atoms with van der Waals surface area (Å²) >= 11 is 6.31.